The van der Waals surface area contributed by atoms with Crippen molar-refractivity contribution in [1.82, 2.24) is 9.88 Å². The number of piperazine rings is 1. The predicted molar refractivity (Wildman–Crippen MR) is 79.7 cm³/mol. The molecule has 0 aromatic carbocycles. The summed E-state index contributed by atoms with van der Waals surface area (Å²) < 4.78 is 0. The van der Waals surface area contributed by atoms with E-state index in [2.05, 4.69) is 47.7 Å². The first-order valence-electron chi connectivity index (χ1n) is 7.49. The maximum absolute atomic E-state index is 4.52. The second-order valence-electron chi connectivity index (χ2n) is 6.90. The normalized spacial score (nSPS) is 21.7. The zero-order valence-electron chi connectivity index (χ0n) is 12.4. The molecule has 1 saturated carbocycles. The molecule has 1 aliphatic heterocycles. The van der Waals surface area contributed by atoms with Gasteiger partial charge in [-0.3, -0.25) is 9.88 Å². The van der Waals surface area contributed by atoms with Gasteiger partial charge in [0.2, 0.25) is 0 Å². The van der Waals surface area contributed by atoms with Crippen LogP contribution in [0.25, 0.3) is 0 Å². The van der Waals surface area contributed by atoms with Gasteiger partial charge in [-0.15, -0.1) is 0 Å². The Morgan fingerprint density at radius 1 is 1.11 bits per heavy atom. The van der Waals surface area contributed by atoms with Crippen LogP contribution in [0.4, 0.5) is 5.69 Å². The van der Waals surface area contributed by atoms with Gasteiger partial charge in [0.1, 0.15) is 0 Å². The maximum atomic E-state index is 4.52. The smallest absolute Gasteiger partial charge is 0.0477 e. The van der Waals surface area contributed by atoms with Gasteiger partial charge < -0.3 is 4.90 Å². The molecule has 0 radical (unpaired) electrons. The van der Waals surface area contributed by atoms with Crippen molar-refractivity contribution in [3.8, 4) is 0 Å². The fourth-order valence-electron chi connectivity index (χ4n) is 2.81. The summed E-state index contributed by atoms with van der Waals surface area (Å²) in [5.74, 6) is 0. The summed E-state index contributed by atoms with van der Waals surface area (Å²) in [5, 5.41) is 0. The van der Waals surface area contributed by atoms with Crippen LogP contribution in [0.5, 0.6) is 0 Å². The number of nitrogens with zero attached hydrogens (tertiary/aromatic N) is 3. The van der Waals surface area contributed by atoms with Crippen LogP contribution in [-0.4, -0.2) is 42.1 Å². The van der Waals surface area contributed by atoms with E-state index < -0.39 is 0 Å². The van der Waals surface area contributed by atoms with Crippen LogP contribution in [-0.2, 0) is 5.41 Å². The Bertz CT molecular complexity index is 438. The number of hydrogen-bond donors (Lipinski definition) is 0. The first kappa shape index (κ1) is 12.9. The van der Waals surface area contributed by atoms with Gasteiger partial charge in [0.05, 0.1) is 0 Å². The summed E-state index contributed by atoms with van der Waals surface area (Å²) in [6.07, 6.45) is 4.80. The van der Waals surface area contributed by atoms with E-state index in [9.17, 15) is 0 Å². The summed E-state index contributed by atoms with van der Waals surface area (Å²) in [7, 11) is 0. The van der Waals surface area contributed by atoms with Crippen LogP contribution in [0.1, 0.15) is 39.3 Å². The lowest BCUT2D eigenvalue weighted by atomic mass is 9.91. The molecule has 2 aliphatic rings. The lowest BCUT2D eigenvalue weighted by Gasteiger charge is -2.36. The maximum Gasteiger partial charge on any atom is 0.0477 e. The topological polar surface area (TPSA) is 19.4 Å². The fraction of sp³-hybridized carbons (Fsp3) is 0.688. The van der Waals surface area contributed by atoms with Gasteiger partial charge in [0, 0.05) is 55.2 Å². The Balaban J connectivity index is 1.69. The lowest BCUT2D eigenvalue weighted by molar-refractivity contribution is 0.248. The molecule has 0 N–H and O–H groups in total. The van der Waals surface area contributed by atoms with Gasteiger partial charge in [0.25, 0.3) is 0 Å². The Morgan fingerprint density at radius 2 is 1.79 bits per heavy atom. The molecule has 0 spiro atoms. The van der Waals surface area contributed by atoms with Crippen molar-refractivity contribution < 1.29 is 0 Å². The first-order valence-corrected chi connectivity index (χ1v) is 7.49. The molecule has 1 aromatic rings. The third-order valence-corrected chi connectivity index (χ3v) is 4.25. The molecule has 0 unspecified atom stereocenters. The highest BCUT2D eigenvalue weighted by Gasteiger charge is 2.31. The lowest BCUT2D eigenvalue weighted by Crippen LogP contribution is -2.47. The highest BCUT2D eigenvalue weighted by Crippen LogP contribution is 2.29. The quantitative estimate of drug-likeness (QED) is 0.814. The van der Waals surface area contributed by atoms with Crippen molar-refractivity contribution >= 4 is 5.69 Å². The van der Waals surface area contributed by atoms with E-state index in [0.717, 1.165) is 19.1 Å². The molecule has 1 aliphatic carbocycles. The van der Waals surface area contributed by atoms with Crippen LogP contribution >= 0.6 is 0 Å². The van der Waals surface area contributed by atoms with Crippen molar-refractivity contribution in [2.75, 3.05) is 31.1 Å². The molecule has 3 rings (SSSR count). The number of pyridine rings is 1. The molecule has 3 nitrogen and oxygen atoms in total. The van der Waals surface area contributed by atoms with Crippen LogP contribution in [0, 0.1) is 0 Å². The van der Waals surface area contributed by atoms with Crippen molar-refractivity contribution in [2.24, 2.45) is 0 Å². The zero-order valence-corrected chi connectivity index (χ0v) is 12.4. The minimum absolute atomic E-state index is 0.131. The van der Waals surface area contributed by atoms with E-state index in [1.54, 1.807) is 0 Å². The largest absolute Gasteiger partial charge is 0.369 e. The Kier molecular flexibility index (Phi) is 3.25. The number of rotatable bonds is 2. The summed E-state index contributed by atoms with van der Waals surface area (Å²) in [6.45, 7) is 11.4. The molecular formula is C16H25N3. The van der Waals surface area contributed by atoms with Gasteiger partial charge in [-0.2, -0.15) is 0 Å². The van der Waals surface area contributed by atoms with Gasteiger partial charge >= 0.3 is 0 Å². The zero-order chi connectivity index (χ0) is 13.5. The molecule has 1 saturated heterocycles. The number of hydrogen-bond acceptors (Lipinski definition) is 3. The molecule has 104 valence electrons. The van der Waals surface area contributed by atoms with Crippen molar-refractivity contribution in [3.05, 3.63) is 24.0 Å². The Labute approximate surface area is 116 Å². The highest BCUT2D eigenvalue weighted by atomic mass is 15.3. The van der Waals surface area contributed by atoms with Crippen LogP contribution in [0.2, 0.25) is 0 Å². The first-order chi connectivity index (χ1) is 9.04. The molecule has 0 atom stereocenters. The SMILES string of the molecule is CC(C)(C)c1cc(N2CCN(C3CC3)CC2)ccn1. The van der Waals surface area contributed by atoms with Gasteiger partial charge in [0.15, 0.2) is 0 Å². The van der Waals surface area contributed by atoms with Gasteiger partial charge in [-0.05, 0) is 25.0 Å². The molecule has 2 fully saturated rings. The third kappa shape index (κ3) is 2.92. The Hall–Kier alpha value is -1.09. The van der Waals surface area contributed by atoms with E-state index in [4.69, 9.17) is 0 Å². The monoisotopic (exact) mass is 259 g/mol. The minimum atomic E-state index is 0.131. The van der Waals surface area contributed by atoms with E-state index in [1.165, 1.54) is 37.3 Å². The molecular weight excluding hydrogens is 234 g/mol. The summed E-state index contributed by atoms with van der Waals surface area (Å²) >= 11 is 0. The standard InChI is InChI=1S/C16H25N3/c1-16(2,3)15-12-14(6-7-17-15)19-10-8-18(9-11-19)13-4-5-13/h6-7,12-13H,4-5,8-11H2,1-3H3. The van der Waals surface area contributed by atoms with E-state index in [0.29, 0.717) is 0 Å². The second kappa shape index (κ2) is 4.78. The Morgan fingerprint density at radius 3 is 2.37 bits per heavy atom. The molecule has 3 heteroatoms. The van der Waals surface area contributed by atoms with E-state index in [-0.39, 0.29) is 5.41 Å². The molecule has 19 heavy (non-hydrogen) atoms. The third-order valence-electron chi connectivity index (χ3n) is 4.25. The minimum Gasteiger partial charge on any atom is -0.369 e. The average Bonchev–Trinajstić information content (AvgIpc) is 3.22. The van der Waals surface area contributed by atoms with E-state index in [1.807, 2.05) is 6.20 Å². The molecule has 0 bridgehead atoms. The van der Waals surface area contributed by atoms with Crippen LogP contribution in [0.15, 0.2) is 18.3 Å². The van der Waals surface area contributed by atoms with Crippen LogP contribution < -0.4 is 4.90 Å². The summed E-state index contributed by atoms with van der Waals surface area (Å²) in [4.78, 5) is 9.69. The van der Waals surface area contributed by atoms with Crippen molar-refractivity contribution in [2.45, 2.75) is 45.1 Å². The van der Waals surface area contributed by atoms with E-state index >= 15 is 0 Å². The summed E-state index contributed by atoms with van der Waals surface area (Å²) in [5.41, 5.74) is 2.66. The molecule has 0 amide bonds. The predicted octanol–water partition coefficient (Wildman–Crippen LogP) is 2.66. The van der Waals surface area contributed by atoms with Crippen molar-refractivity contribution in [1.29, 1.82) is 0 Å². The average molecular weight is 259 g/mol. The highest BCUT2D eigenvalue weighted by molar-refractivity contribution is 5.48. The molecule has 2 heterocycles. The molecule has 1 aromatic heterocycles. The second-order valence-corrected chi connectivity index (χ2v) is 6.90. The van der Waals surface area contributed by atoms with Crippen molar-refractivity contribution in [3.63, 3.8) is 0 Å². The fourth-order valence-corrected chi connectivity index (χ4v) is 2.81. The van der Waals surface area contributed by atoms with Gasteiger partial charge in [-0.1, -0.05) is 20.8 Å². The number of anilines is 1. The van der Waals surface area contributed by atoms with Gasteiger partial charge in [-0.25, -0.2) is 0 Å². The van der Waals surface area contributed by atoms with Crippen LogP contribution in [0.3, 0.4) is 0 Å². The number of aromatic nitrogens is 1. The summed E-state index contributed by atoms with van der Waals surface area (Å²) in [6, 6.07) is 5.33.